The van der Waals surface area contributed by atoms with E-state index in [9.17, 15) is 5.11 Å². The molecule has 0 aliphatic rings. The molecule has 0 amide bonds. The molecule has 37 heavy (non-hydrogen) atoms. The summed E-state index contributed by atoms with van der Waals surface area (Å²) >= 11 is 0. The molecule has 9 nitrogen and oxygen atoms in total. The molecule has 190 valence electrons. The minimum atomic E-state index is -0.430. The lowest BCUT2D eigenvalue weighted by Crippen LogP contribution is -2.30. The zero-order valence-electron chi connectivity index (χ0n) is 20.7. The average molecular weight is 503 g/mol. The van der Waals surface area contributed by atoms with E-state index >= 15 is 4.39 Å². The van der Waals surface area contributed by atoms with Crippen LogP contribution in [-0.2, 0) is 11.8 Å². The number of methoxy groups -OCH3 is 1. The van der Waals surface area contributed by atoms with Gasteiger partial charge in [-0.1, -0.05) is 0 Å². The minimum absolute atomic E-state index is 0.104. The van der Waals surface area contributed by atoms with Crippen LogP contribution < -0.4 is 10.1 Å². The first-order chi connectivity index (χ1) is 18.0. The maximum Gasteiger partial charge on any atom is 0.156 e. The van der Waals surface area contributed by atoms with Crippen LogP contribution in [-0.4, -0.2) is 56.3 Å². The van der Waals surface area contributed by atoms with Gasteiger partial charge in [-0.3, -0.25) is 9.67 Å². The van der Waals surface area contributed by atoms with Gasteiger partial charge in [-0.25, -0.2) is 14.4 Å². The summed E-state index contributed by atoms with van der Waals surface area (Å²) in [7, 11) is 3.43. The van der Waals surface area contributed by atoms with Crippen molar-refractivity contribution in [3.63, 3.8) is 0 Å². The Balaban J connectivity index is 1.63. The first-order valence-electron chi connectivity index (χ1n) is 11.8. The van der Waals surface area contributed by atoms with Gasteiger partial charge in [0.15, 0.2) is 5.82 Å². The monoisotopic (exact) mass is 502 g/mol. The van der Waals surface area contributed by atoms with Gasteiger partial charge in [0.25, 0.3) is 0 Å². The number of rotatable bonds is 9. The Hall–Kier alpha value is -4.15. The first kappa shape index (κ1) is 24.5. The molecule has 3 aromatic heterocycles. The summed E-state index contributed by atoms with van der Waals surface area (Å²) < 4.78 is 28.7. The molecule has 5 rings (SSSR count). The number of benzene rings is 2. The first-order valence-corrected chi connectivity index (χ1v) is 11.8. The number of aliphatic hydroxyl groups excluding tert-OH is 1. The molecule has 5 aromatic rings. The highest BCUT2D eigenvalue weighted by Gasteiger charge is 2.22. The standard InChI is InChI=1S/C27H27FN6O3/c1-16(19(13-35)14-36-3)37-24-10-17(18-11-32-34(2)12-18)9-23-25(24)27(31-15-30-23)33-22-7-6-21-20(26(22)28)5-4-8-29-21/h4-12,15-16,19,35H,13-14H2,1-3H3,(H,30,31,33)/t16-,19?/m1/s1. The van der Waals surface area contributed by atoms with E-state index in [4.69, 9.17) is 9.47 Å². The summed E-state index contributed by atoms with van der Waals surface area (Å²) in [5.41, 5.74) is 3.16. The Labute approximate surface area is 212 Å². The molecule has 0 bridgehead atoms. The van der Waals surface area contributed by atoms with Crippen molar-refractivity contribution in [3.05, 3.63) is 67.1 Å². The Morgan fingerprint density at radius 2 is 1.97 bits per heavy atom. The van der Waals surface area contributed by atoms with Crippen LogP contribution in [0, 0.1) is 11.7 Å². The zero-order valence-corrected chi connectivity index (χ0v) is 20.7. The maximum atomic E-state index is 15.4. The van der Waals surface area contributed by atoms with Gasteiger partial charge in [-0.05, 0) is 48.9 Å². The highest BCUT2D eigenvalue weighted by Crippen LogP contribution is 2.38. The second-order valence-electron chi connectivity index (χ2n) is 8.84. The van der Waals surface area contributed by atoms with E-state index in [0.717, 1.165) is 11.1 Å². The Kier molecular flexibility index (Phi) is 6.93. The van der Waals surface area contributed by atoms with Gasteiger partial charge in [0.1, 0.15) is 24.0 Å². The number of aliphatic hydroxyl groups is 1. The van der Waals surface area contributed by atoms with Crippen LogP contribution in [0.2, 0.25) is 0 Å². The summed E-state index contributed by atoms with van der Waals surface area (Å²) in [4.78, 5) is 13.1. The number of hydrogen-bond donors (Lipinski definition) is 2. The van der Waals surface area contributed by atoms with E-state index in [1.807, 2.05) is 32.3 Å². The van der Waals surface area contributed by atoms with Crippen molar-refractivity contribution in [2.24, 2.45) is 13.0 Å². The van der Waals surface area contributed by atoms with Gasteiger partial charge in [-0.2, -0.15) is 5.10 Å². The third-order valence-corrected chi connectivity index (χ3v) is 6.30. The number of nitrogens with one attached hydrogen (secondary N) is 1. The predicted octanol–water partition coefficient (Wildman–Crippen LogP) is 4.48. The molecule has 0 saturated carbocycles. The van der Waals surface area contributed by atoms with Gasteiger partial charge >= 0.3 is 0 Å². The van der Waals surface area contributed by atoms with E-state index in [1.54, 1.807) is 48.5 Å². The van der Waals surface area contributed by atoms with Gasteiger partial charge in [-0.15, -0.1) is 0 Å². The zero-order chi connectivity index (χ0) is 25.9. The highest BCUT2D eigenvalue weighted by atomic mass is 19.1. The number of ether oxygens (including phenoxy) is 2. The number of pyridine rings is 1. The number of fused-ring (bicyclic) bond motifs is 2. The summed E-state index contributed by atoms with van der Waals surface area (Å²) in [5.74, 6) is 0.193. The fourth-order valence-electron chi connectivity index (χ4n) is 4.27. The van der Waals surface area contributed by atoms with Gasteiger partial charge in [0.2, 0.25) is 0 Å². The van der Waals surface area contributed by atoms with Crippen LogP contribution in [0.25, 0.3) is 32.9 Å². The lowest BCUT2D eigenvalue weighted by molar-refractivity contribution is 0.0390. The smallest absolute Gasteiger partial charge is 0.156 e. The Morgan fingerprint density at radius 1 is 1.11 bits per heavy atom. The molecule has 3 heterocycles. The molecule has 0 fully saturated rings. The Bertz CT molecular complexity index is 1560. The SMILES string of the molecule is COCC(CO)[C@@H](C)Oc1cc(-c2cnn(C)c2)cc2ncnc(Nc3ccc4ncccc4c3F)c12. The summed E-state index contributed by atoms with van der Waals surface area (Å²) in [5, 5.41) is 18.3. The molecule has 1 unspecified atom stereocenters. The van der Waals surface area contributed by atoms with Crippen molar-refractivity contribution in [3.8, 4) is 16.9 Å². The molecule has 0 spiro atoms. The van der Waals surface area contributed by atoms with E-state index in [2.05, 4.69) is 25.4 Å². The predicted molar refractivity (Wildman–Crippen MR) is 139 cm³/mol. The van der Waals surface area contributed by atoms with Crippen molar-refractivity contribution < 1.29 is 19.0 Å². The maximum absolute atomic E-state index is 15.4. The summed E-state index contributed by atoms with van der Waals surface area (Å²) in [6.45, 7) is 2.10. The van der Waals surface area contributed by atoms with E-state index in [-0.39, 0.29) is 18.2 Å². The number of halogens is 1. The molecular formula is C27H27FN6O3. The molecule has 10 heteroatoms. The largest absolute Gasteiger partial charge is 0.489 e. The van der Waals surface area contributed by atoms with Gasteiger partial charge in [0, 0.05) is 43.4 Å². The molecule has 2 aromatic carbocycles. The fourth-order valence-corrected chi connectivity index (χ4v) is 4.27. The van der Waals surface area contributed by atoms with Crippen molar-refractivity contribution in [2.75, 3.05) is 25.6 Å². The minimum Gasteiger partial charge on any atom is -0.489 e. The van der Waals surface area contributed by atoms with Crippen molar-refractivity contribution >= 4 is 33.3 Å². The average Bonchev–Trinajstić information content (AvgIpc) is 3.35. The highest BCUT2D eigenvalue weighted by molar-refractivity contribution is 5.99. The number of hydrogen-bond acceptors (Lipinski definition) is 8. The third-order valence-electron chi connectivity index (χ3n) is 6.30. The van der Waals surface area contributed by atoms with Crippen LogP contribution in [0.1, 0.15) is 6.92 Å². The number of anilines is 2. The lowest BCUT2D eigenvalue weighted by Gasteiger charge is -2.24. The van der Waals surface area contributed by atoms with Crippen LogP contribution in [0.15, 0.2) is 61.3 Å². The van der Waals surface area contributed by atoms with E-state index < -0.39 is 11.9 Å². The number of nitrogens with zero attached hydrogens (tertiary/aromatic N) is 5. The third kappa shape index (κ3) is 4.93. The number of aromatic nitrogens is 5. The van der Waals surface area contributed by atoms with Crippen LogP contribution in [0.4, 0.5) is 15.9 Å². The van der Waals surface area contributed by atoms with Crippen LogP contribution in [0.3, 0.4) is 0 Å². The van der Waals surface area contributed by atoms with Crippen molar-refractivity contribution in [2.45, 2.75) is 13.0 Å². The van der Waals surface area contributed by atoms with Crippen molar-refractivity contribution in [1.82, 2.24) is 24.7 Å². The normalized spacial score (nSPS) is 13.1. The van der Waals surface area contributed by atoms with Crippen molar-refractivity contribution in [1.29, 1.82) is 0 Å². The van der Waals surface area contributed by atoms with Crippen LogP contribution >= 0.6 is 0 Å². The fraction of sp³-hybridized carbons (Fsp3) is 0.259. The van der Waals surface area contributed by atoms with Crippen LogP contribution in [0.5, 0.6) is 5.75 Å². The van der Waals surface area contributed by atoms with Gasteiger partial charge in [0.05, 0.1) is 41.5 Å². The molecule has 0 aliphatic heterocycles. The van der Waals surface area contributed by atoms with E-state index in [1.165, 1.54) is 6.33 Å². The second-order valence-corrected chi connectivity index (χ2v) is 8.84. The number of aryl methyl sites for hydroxylation is 1. The molecule has 0 saturated heterocycles. The van der Waals surface area contributed by atoms with E-state index in [0.29, 0.717) is 40.0 Å². The molecule has 0 aliphatic carbocycles. The molecule has 0 radical (unpaired) electrons. The Morgan fingerprint density at radius 3 is 2.73 bits per heavy atom. The summed E-state index contributed by atoms with van der Waals surface area (Å²) in [6, 6.07) is 10.6. The molecule has 2 N–H and O–H groups in total. The summed E-state index contributed by atoms with van der Waals surface area (Å²) in [6.07, 6.45) is 6.31. The molecule has 2 atom stereocenters. The quantitative estimate of drug-likeness (QED) is 0.304. The lowest BCUT2D eigenvalue weighted by atomic mass is 10.0. The topological polar surface area (TPSA) is 107 Å². The van der Waals surface area contributed by atoms with Gasteiger partial charge < -0.3 is 19.9 Å². The molecular weight excluding hydrogens is 475 g/mol. The second kappa shape index (κ2) is 10.5.